The SMILES string of the molecule is CC(C)n1c(C(=O)c2cccc(NS(=O)(=O)c3cc(F)cc(F)c3)c2Cl)cc2c(N)ncnc21. The Bertz CT molecular complexity index is 1530. The molecule has 0 bridgehead atoms. The Morgan fingerprint density at radius 2 is 1.79 bits per heavy atom. The van der Waals surface area contributed by atoms with E-state index < -0.39 is 32.3 Å². The minimum Gasteiger partial charge on any atom is -0.383 e. The lowest BCUT2D eigenvalue weighted by Crippen LogP contribution is -2.16. The largest absolute Gasteiger partial charge is 0.383 e. The zero-order valence-corrected chi connectivity index (χ0v) is 19.5. The lowest BCUT2D eigenvalue weighted by atomic mass is 10.1. The number of hydrogen-bond donors (Lipinski definition) is 2. The standard InChI is InChI=1S/C22H18ClF2N5O3S/c1-11(2)30-18(9-16-21(26)27-10-28-22(16)30)20(31)15-4-3-5-17(19(15)23)29-34(32,33)14-7-12(24)6-13(25)8-14/h3-11,29H,1-2H3,(H2,26,27,28). The van der Waals surface area contributed by atoms with E-state index in [1.165, 1.54) is 24.5 Å². The average molecular weight is 506 g/mol. The molecule has 0 saturated heterocycles. The van der Waals surface area contributed by atoms with Crippen LogP contribution in [0.2, 0.25) is 5.02 Å². The molecule has 0 spiro atoms. The van der Waals surface area contributed by atoms with E-state index in [9.17, 15) is 22.0 Å². The number of ketones is 1. The maximum atomic E-state index is 13.5. The van der Waals surface area contributed by atoms with Gasteiger partial charge in [0.25, 0.3) is 10.0 Å². The van der Waals surface area contributed by atoms with Gasteiger partial charge in [0.1, 0.15) is 29.4 Å². The predicted octanol–water partition coefficient (Wildman–Crippen LogP) is 4.56. The highest BCUT2D eigenvalue weighted by molar-refractivity contribution is 7.92. The maximum absolute atomic E-state index is 13.5. The smallest absolute Gasteiger partial charge is 0.262 e. The zero-order chi connectivity index (χ0) is 24.8. The van der Waals surface area contributed by atoms with Crippen molar-refractivity contribution in [2.45, 2.75) is 24.8 Å². The van der Waals surface area contributed by atoms with Crippen molar-refractivity contribution >= 4 is 49.9 Å². The van der Waals surface area contributed by atoms with Crippen LogP contribution >= 0.6 is 11.6 Å². The van der Waals surface area contributed by atoms with E-state index in [0.29, 0.717) is 29.2 Å². The molecule has 2 aromatic heterocycles. The lowest BCUT2D eigenvalue weighted by Gasteiger charge is -2.15. The maximum Gasteiger partial charge on any atom is 0.262 e. The number of nitrogens with two attached hydrogens (primary N) is 1. The van der Waals surface area contributed by atoms with Gasteiger partial charge in [-0.05, 0) is 44.2 Å². The van der Waals surface area contributed by atoms with E-state index in [4.69, 9.17) is 17.3 Å². The van der Waals surface area contributed by atoms with Crippen LogP contribution in [0.15, 0.2) is 53.7 Å². The second kappa shape index (κ2) is 8.65. The molecule has 8 nitrogen and oxygen atoms in total. The molecule has 12 heteroatoms. The molecule has 0 aliphatic heterocycles. The Balaban J connectivity index is 1.78. The molecule has 2 aromatic carbocycles. The molecule has 0 aliphatic carbocycles. The molecule has 176 valence electrons. The van der Waals surface area contributed by atoms with Gasteiger partial charge in [-0.3, -0.25) is 9.52 Å². The fraction of sp³-hybridized carbons (Fsp3) is 0.136. The van der Waals surface area contributed by atoms with Gasteiger partial charge in [0.15, 0.2) is 0 Å². The number of nitrogens with one attached hydrogen (secondary N) is 1. The first-order valence-corrected chi connectivity index (χ1v) is 11.8. The summed E-state index contributed by atoms with van der Waals surface area (Å²) in [5, 5.41) is 0.299. The Labute approximate surface area is 198 Å². The third kappa shape index (κ3) is 4.19. The average Bonchev–Trinajstić information content (AvgIpc) is 3.15. The minimum absolute atomic E-state index is 0.00326. The van der Waals surface area contributed by atoms with Crippen LogP contribution in [0.4, 0.5) is 20.3 Å². The van der Waals surface area contributed by atoms with Gasteiger partial charge in [-0.25, -0.2) is 27.2 Å². The quantitative estimate of drug-likeness (QED) is 0.371. The lowest BCUT2D eigenvalue weighted by molar-refractivity contribution is 0.102. The molecule has 3 N–H and O–H groups in total. The molecule has 0 unspecified atom stereocenters. The van der Waals surface area contributed by atoms with Crippen LogP contribution in [0.5, 0.6) is 0 Å². The van der Waals surface area contributed by atoms with Crippen molar-refractivity contribution in [1.29, 1.82) is 0 Å². The molecule has 0 amide bonds. The third-order valence-electron chi connectivity index (χ3n) is 5.05. The molecule has 0 radical (unpaired) electrons. The molecule has 0 fully saturated rings. The highest BCUT2D eigenvalue weighted by Gasteiger charge is 2.25. The van der Waals surface area contributed by atoms with Crippen molar-refractivity contribution in [3.05, 3.63) is 76.7 Å². The summed E-state index contributed by atoms with van der Waals surface area (Å²) in [6.07, 6.45) is 1.29. The van der Waals surface area contributed by atoms with Crippen molar-refractivity contribution in [2.75, 3.05) is 10.5 Å². The summed E-state index contributed by atoms with van der Waals surface area (Å²) in [5.41, 5.74) is 6.51. The first-order chi connectivity index (χ1) is 16.0. The number of rotatable bonds is 6. The number of fused-ring (bicyclic) bond motifs is 1. The van der Waals surface area contributed by atoms with Gasteiger partial charge in [-0.1, -0.05) is 17.7 Å². The molecule has 0 atom stereocenters. The molecular formula is C22H18ClF2N5O3S. The van der Waals surface area contributed by atoms with Crippen molar-refractivity contribution < 1.29 is 22.0 Å². The summed E-state index contributed by atoms with van der Waals surface area (Å²) in [6, 6.07) is 7.46. The normalized spacial score (nSPS) is 11.8. The summed E-state index contributed by atoms with van der Waals surface area (Å²) in [5.74, 6) is -2.42. The van der Waals surface area contributed by atoms with Crippen molar-refractivity contribution in [3.8, 4) is 0 Å². The van der Waals surface area contributed by atoms with E-state index in [2.05, 4.69) is 14.7 Å². The molecule has 4 aromatic rings. The highest BCUT2D eigenvalue weighted by Crippen LogP contribution is 2.32. The zero-order valence-electron chi connectivity index (χ0n) is 17.9. The monoisotopic (exact) mass is 505 g/mol. The summed E-state index contributed by atoms with van der Waals surface area (Å²) < 4.78 is 56.3. The van der Waals surface area contributed by atoms with Gasteiger partial charge >= 0.3 is 0 Å². The van der Waals surface area contributed by atoms with Crippen LogP contribution in [-0.4, -0.2) is 28.7 Å². The fourth-order valence-electron chi connectivity index (χ4n) is 3.56. The van der Waals surface area contributed by atoms with Gasteiger partial charge in [0.05, 0.1) is 26.7 Å². The number of anilines is 2. The topological polar surface area (TPSA) is 120 Å². The molecule has 2 heterocycles. The van der Waals surface area contributed by atoms with Gasteiger partial charge in [0.2, 0.25) is 5.78 Å². The van der Waals surface area contributed by atoms with Crippen molar-refractivity contribution in [2.24, 2.45) is 0 Å². The predicted molar refractivity (Wildman–Crippen MR) is 124 cm³/mol. The van der Waals surface area contributed by atoms with E-state index in [1.807, 2.05) is 13.8 Å². The van der Waals surface area contributed by atoms with Crippen LogP contribution in [0, 0.1) is 11.6 Å². The number of nitrogens with zero attached hydrogens (tertiary/aromatic N) is 3. The number of hydrogen-bond acceptors (Lipinski definition) is 6. The Morgan fingerprint density at radius 1 is 1.12 bits per heavy atom. The van der Waals surface area contributed by atoms with Crippen LogP contribution in [0.3, 0.4) is 0 Å². The summed E-state index contributed by atoms with van der Waals surface area (Å²) >= 11 is 6.41. The highest BCUT2D eigenvalue weighted by atomic mass is 35.5. The molecular weight excluding hydrogens is 488 g/mol. The van der Waals surface area contributed by atoms with E-state index >= 15 is 0 Å². The number of sulfonamides is 1. The molecule has 0 saturated carbocycles. The van der Waals surface area contributed by atoms with Gasteiger partial charge in [-0.15, -0.1) is 0 Å². The van der Waals surface area contributed by atoms with Gasteiger partial charge in [-0.2, -0.15) is 0 Å². The number of carbonyl (C=O) groups is 1. The number of benzene rings is 2. The van der Waals surface area contributed by atoms with Crippen LogP contribution in [0.25, 0.3) is 11.0 Å². The first-order valence-electron chi connectivity index (χ1n) is 9.93. The molecule has 34 heavy (non-hydrogen) atoms. The fourth-order valence-corrected chi connectivity index (χ4v) is 4.99. The van der Waals surface area contributed by atoms with Crippen molar-refractivity contribution in [3.63, 3.8) is 0 Å². The number of carbonyl (C=O) groups excluding carboxylic acids is 1. The Morgan fingerprint density at radius 3 is 2.44 bits per heavy atom. The second-order valence-electron chi connectivity index (χ2n) is 7.70. The number of nitrogen functional groups attached to an aromatic ring is 1. The third-order valence-corrected chi connectivity index (χ3v) is 6.80. The van der Waals surface area contributed by atoms with Crippen LogP contribution < -0.4 is 10.5 Å². The summed E-state index contributed by atoms with van der Waals surface area (Å²) in [7, 11) is -4.40. The summed E-state index contributed by atoms with van der Waals surface area (Å²) in [4.78, 5) is 21.0. The second-order valence-corrected chi connectivity index (χ2v) is 9.76. The van der Waals surface area contributed by atoms with Gasteiger partial charge < -0.3 is 10.3 Å². The minimum atomic E-state index is -4.40. The van der Waals surface area contributed by atoms with E-state index in [0.717, 1.165) is 0 Å². The van der Waals surface area contributed by atoms with Crippen LogP contribution in [0.1, 0.15) is 35.9 Å². The van der Waals surface area contributed by atoms with Crippen LogP contribution in [-0.2, 0) is 10.0 Å². The summed E-state index contributed by atoms with van der Waals surface area (Å²) in [6.45, 7) is 3.72. The van der Waals surface area contributed by atoms with Crippen molar-refractivity contribution in [1.82, 2.24) is 14.5 Å². The van der Waals surface area contributed by atoms with E-state index in [-0.39, 0.29) is 33.8 Å². The van der Waals surface area contributed by atoms with E-state index in [1.54, 1.807) is 10.6 Å². The Kier molecular flexibility index (Phi) is 6.00. The molecule has 0 aliphatic rings. The Hall–Kier alpha value is -3.57. The first kappa shape index (κ1) is 23.6. The van der Waals surface area contributed by atoms with Gasteiger partial charge in [0, 0.05) is 17.7 Å². The number of halogens is 3. The molecule has 4 rings (SSSR count). The number of aromatic nitrogens is 3.